The molecule has 154 valence electrons. The maximum atomic E-state index is 12.7. The molecule has 0 unspecified atom stereocenters. The second-order valence-electron chi connectivity index (χ2n) is 6.16. The average molecular weight is 417 g/mol. The molecule has 0 radical (unpaired) electrons. The predicted octanol–water partition coefficient (Wildman–Crippen LogP) is 2.52. The number of hydrogen-bond donors (Lipinski definition) is 2. The van der Waals surface area contributed by atoms with Crippen LogP contribution in [0.4, 0.5) is 5.82 Å². The smallest absolute Gasteiger partial charge is 0.223 e. The molecule has 0 aliphatic rings. The van der Waals surface area contributed by atoms with Crippen molar-refractivity contribution in [1.29, 1.82) is 0 Å². The number of aliphatic hydroxyl groups is 1. The molecule has 0 aliphatic carbocycles. The van der Waals surface area contributed by atoms with Crippen molar-refractivity contribution in [2.75, 3.05) is 19.5 Å². The van der Waals surface area contributed by atoms with Crippen LogP contribution in [-0.4, -0.2) is 45.2 Å². The van der Waals surface area contributed by atoms with E-state index in [0.717, 1.165) is 11.8 Å². The predicted molar refractivity (Wildman–Crippen MR) is 112 cm³/mol. The molecule has 0 atom stereocenters. The molecule has 8 nitrogen and oxygen atoms in total. The Balaban J connectivity index is 2.25. The number of thioether (sulfide) groups is 1. The van der Waals surface area contributed by atoms with E-state index < -0.39 is 0 Å². The third-order valence-electron chi connectivity index (χ3n) is 4.20. The van der Waals surface area contributed by atoms with Crippen molar-refractivity contribution in [2.24, 2.45) is 0 Å². The number of methoxy groups -OCH3 is 1. The van der Waals surface area contributed by atoms with Gasteiger partial charge in [-0.2, -0.15) is 0 Å². The lowest BCUT2D eigenvalue weighted by Crippen LogP contribution is -2.22. The van der Waals surface area contributed by atoms with Gasteiger partial charge in [-0.05, 0) is 49.9 Å². The number of hydrogen-bond acceptors (Lipinski definition) is 8. The number of rotatable bonds is 9. The first-order chi connectivity index (χ1) is 13.9. The van der Waals surface area contributed by atoms with Crippen LogP contribution in [0.15, 0.2) is 41.1 Å². The van der Waals surface area contributed by atoms with Crippen LogP contribution in [0.2, 0.25) is 0 Å². The van der Waals surface area contributed by atoms with Gasteiger partial charge in [0.1, 0.15) is 17.4 Å². The highest BCUT2D eigenvalue weighted by Gasteiger charge is 2.17. The number of nitrogen functional groups attached to an aromatic ring is 1. The number of anilines is 1. The van der Waals surface area contributed by atoms with Gasteiger partial charge in [0.15, 0.2) is 0 Å². The Morgan fingerprint density at radius 1 is 1.34 bits per heavy atom. The molecule has 0 saturated heterocycles. The summed E-state index contributed by atoms with van der Waals surface area (Å²) < 4.78 is 5.10. The van der Waals surface area contributed by atoms with Gasteiger partial charge in [0.25, 0.3) is 0 Å². The number of carbonyl (C=O) groups excluding carboxylic acids is 2. The summed E-state index contributed by atoms with van der Waals surface area (Å²) in [7, 11) is 1.55. The van der Waals surface area contributed by atoms with Gasteiger partial charge in [-0.25, -0.2) is 9.97 Å². The number of carbonyl (C=O) groups is 2. The zero-order valence-electron chi connectivity index (χ0n) is 16.6. The lowest BCUT2D eigenvalue weighted by molar-refractivity contribution is -0.116. The molecule has 0 saturated carbocycles. The molecule has 0 fully saturated rings. The van der Waals surface area contributed by atoms with E-state index in [0.29, 0.717) is 45.5 Å². The Hall–Kier alpha value is -2.91. The summed E-state index contributed by atoms with van der Waals surface area (Å²) in [6.45, 7) is 3.45. The maximum Gasteiger partial charge on any atom is 0.223 e. The molecule has 0 spiro atoms. The number of ether oxygens (including phenoxy) is 1. The molecule has 2 aromatic rings. The zero-order valence-corrected chi connectivity index (χ0v) is 17.4. The van der Waals surface area contributed by atoms with Gasteiger partial charge in [0.2, 0.25) is 11.5 Å². The molecule has 0 bridgehead atoms. The molecule has 3 N–H and O–H groups in total. The molecule has 29 heavy (non-hydrogen) atoms. The van der Waals surface area contributed by atoms with Crippen LogP contribution in [0.5, 0.6) is 5.75 Å². The van der Waals surface area contributed by atoms with E-state index in [9.17, 15) is 14.7 Å². The molecular formula is C20H24N4O4S. The van der Waals surface area contributed by atoms with Crippen molar-refractivity contribution in [3.63, 3.8) is 0 Å². The van der Waals surface area contributed by atoms with E-state index >= 15 is 0 Å². The number of aromatic nitrogens is 2. The van der Waals surface area contributed by atoms with Crippen LogP contribution in [0.25, 0.3) is 0 Å². The van der Waals surface area contributed by atoms with Gasteiger partial charge in [-0.3, -0.25) is 9.59 Å². The van der Waals surface area contributed by atoms with Crippen molar-refractivity contribution < 1.29 is 19.4 Å². The van der Waals surface area contributed by atoms with E-state index in [1.165, 1.54) is 4.90 Å². The van der Waals surface area contributed by atoms with E-state index in [-0.39, 0.29) is 24.7 Å². The van der Waals surface area contributed by atoms with Crippen molar-refractivity contribution in [3.05, 3.63) is 58.0 Å². The zero-order chi connectivity index (χ0) is 21.4. The highest BCUT2D eigenvalue weighted by molar-refractivity contribution is 8.17. The molecule has 2 rings (SSSR count). The summed E-state index contributed by atoms with van der Waals surface area (Å²) in [6, 6.07) is 6.74. The van der Waals surface area contributed by atoms with Crippen LogP contribution in [-0.2, 0) is 11.3 Å². The fourth-order valence-corrected chi connectivity index (χ4v) is 3.45. The Kier molecular flexibility index (Phi) is 8.17. The van der Waals surface area contributed by atoms with Crippen LogP contribution >= 0.6 is 11.8 Å². The highest BCUT2D eigenvalue weighted by Crippen LogP contribution is 2.29. The number of amides is 1. The minimum absolute atomic E-state index is 0.155. The van der Waals surface area contributed by atoms with Crippen LogP contribution in [0.3, 0.4) is 0 Å². The molecular weight excluding hydrogens is 392 g/mol. The van der Waals surface area contributed by atoms with E-state index in [1.807, 2.05) is 0 Å². The second kappa shape index (κ2) is 10.6. The fourth-order valence-electron chi connectivity index (χ4n) is 2.52. The first-order valence-corrected chi connectivity index (χ1v) is 9.68. The minimum atomic E-state index is -0.195. The second-order valence-corrected chi connectivity index (χ2v) is 7.23. The lowest BCUT2D eigenvalue weighted by Gasteiger charge is -2.22. The summed E-state index contributed by atoms with van der Waals surface area (Å²) in [5, 5.41) is 9.24. The molecule has 1 amide bonds. The first-order valence-electron chi connectivity index (χ1n) is 8.86. The summed E-state index contributed by atoms with van der Waals surface area (Å²) >= 11 is 0.982. The van der Waals surface area contributed by atoms with E-state index in [2.05, 4.69) is 9.97 Å². The summed E-state index contributed by atoms with van der Waals surface area (Å²) in [5.41, 5.74) is 7.56. The number of nitrogens with zero attached hydrogens (tertiary/aromatic N) is 3. The van der Waals surface area contributed by atoms with Crippen molar-refractivity contribution in [3.8, 4) is 5.75 Å². The maximum absolute atomic E-state index is 12.7. The summed E-state index contributed by atoms with van der Waals surface area (Å²) in [5.74, 6) is 1.49. The van der Waals surface area contributed by atoms with Gasteiger partial charge in [-0.1, -0.05) is 0 Å². The van der Waals surface area contributed by atoms with Crippen LogP contribution in [0, 0.1) is 6.92 Å². The van der Waals surface area contributed by atoms with Crippen molar-refractivity contribution in [2.45, 2.75) is 26.8 Å². The highest BCUT2D eigenvalue weighted by atomic mass is 32.2. The SMILES string of the molecule is COc1ccc(C(=O)S/C(CCO)=C(/C)N(C=O)Cc2cnc(C)nc2N)cc1. The number of nitrogens with two attached hydrogens (primary N) is 1. The standard InChI is InChI=1S/C20H24N4O4S/c1-13(24(12-26)11-16-10-22-14(2)23-19(16)21)18(8-9-25)29-20(27)15-4-6-17(28-3)7-5-15/h4-7,10,12,25H,8-9,11H2,1-3H3,(H2,21,22,23)/b18-13-. The van der Waals surface area contributed by atoms with E-state index in [4.69, 9.17) is 10.5 Å². The number of allylic oxidation sites excluding steroid dienone is 1. The normalized spacial score (nSPS) is 11.6. The van der Waals surface area contributed by atoms with Crippen LogP contribution < -0.4 is 10.5 Å². The monoisotopic (exact) mass is 416 g/mol. The minimum Gasteiger partial charge on any atom is -0.497 e. The number of benzene rings is 1. The molecule has 1 aromatic carbocycles. The Morgan fingerprint density at radius 2 is 2.03 bits per heavy atom. The quantitative estimate of drug-likeness (QED) is 0.599. The van der Waals surface area contributed by atoms with Crippen LogP contribution in [0.1, 0.15) is 35.1 Å². The molecule has 1 heterocycles. The number of aliphatic hydroxyl groups excluding tert-OH is 1. The largest absolute Gasteiger partial charge is 0.497 e. The van der Waals surface area contributed by atoms with Gasteiger partial charge in [0, 0.05) is 41.0 Å². The van der Waals surface area contributed by atoms with Crippen molar-refractivity contribution >= 4 is 29.1 Å². The Labute approximate surface area is 173 Å². The van der Waals surface area contributed by atoms with E-state index in [1.54, 1.807) is 51.4 Å². The molecule has 1 aromatic heterocycles. The van der Waals surface area contributed by atoms with Gasteiger partial charge in [-0.15, -0.1) is 0 Å². The average Bonchev–Trinajstić information content (AvgIpc) is 2.72. The Morgan fingerprint density at radius 3 is 2.59 bits per heavy atom. The van der Waals surface area contributed by atoms with Crippen molar-refractivity contribution in [1.82, 2.24) is 14.9 Å². The van der Waals surface area contributed by atoms with Gasteiger partial charge < -0.3 is 20.5 Å². The summed E-state index contributed by atoms with van der Waals surface area (Å²) in [4.78, 5) is 34.6. The Bertz CT molecular complexity index is 900. The lowest BCUT2D eigenvalue weighted by atomic mass is 10.2. The number of aryl methyl sites for hydroxylation is 1. The van der Waals surface area contributed by atoms with Gasteiger partial charge in [0.05, 0.1) is 13.7 Å². The fraction of sp³-hybridized carbons (Fsp3) is 0.300. The molecule has 9 heteroatoms. The van der Waals surface area contributed by atoms with Gasteiger partial charge >= 0.3 is 0 Å². The third kappa shape index (κ3) is 6.03. The summed E-state index contributed by atoms with van der Waals surface area (Å²) in [6.07, 6.45) is 2.47. The third-order valence-corrected chi connectivity index (χ3v) is 5.37. The molecule has 0 aliphatic heterocycles. The first kappa shape index (κ1) is 22.4. The topological polar surface area (TPSA) is 119 Å².